The van der Waals surface area contributed by atoms with Crippen LogP contribution in [-0.2, 0) is 11.3 Å². The zero-order chi connectivity index (χ0) is 18.7. The van der Waals surface area contributed by atoms with Crippen molar-refractivity contribution in [2.75, 3.05) is 13.6 Å². The predicted molar refractivity (Wildman–Crippen MR) is 103 cm³/mol. The first-order chi connectivity index (χ1) is 12.4. The van der Waals surface area contributed by atoms with Gasteiger partial charge in [-0.1, -0.05) is 51.3 Å². The lowest BCUT2D eigenvalue weighted by atomic mass is 9.82. The molecule has 0 radical (unpaired) electrons. The van der Waals surface area contributed by atoms with Gasteiger partial charge in [-0.05, 0) is 48.4 Å². The van der Waals surface area contributed by atoms with Crippen LogP contribution in [0.2, 0.25) is 0 Å². The Hall–Kier alpha value is -1.88. The van der Waals surface area contributed by atoms with E-state index in [2.05, 4.69) is 54.6 Å². The summed E-state index contributed by atoms with van der Waals surface area (Å²) in [5.41, 5.74) is 3.45. The maximum absolute atomic E-state index is 12.1. The number of urea groups is 1. The third-order valence-electron chi connectivity index (χ3n) is 5.35. The van der Waals surface area contributed by atoms with Crippen molar-refractivity contribution in [3.8, 4) is 0 Å². The van der Waals surface area contributed by atoms with Gasteiger partial charge in [0.25, 0.3) is 5.91 Å². The highest BCUT2D eigenvalue weighted by molar-refractivity contribution is 6.04. The van der Waals surface area contributed by atoms with Crippen LogP contribution in [0.3, 0.4) is 0 Å². The van der Waals surface area contributed by atoms with E-state index in [1.54, 1.807) is 0 Å². The van der Waals surface area contributed by atoms with Gasteiger partial charge in [0.05, 0.1) is 0 Å². The Morgan fingerprint density at radius 2 is 1.77 bits per heavy atom. The third-order valence-corrected chi connectivity index (χ3v) is 5.35. The molecule has 5 nitrogen and oxygen atoms in total. The molecule has 1 aliphatic carbocycles. The van der Waals surface area contributed by atoms with Crippen LogP contribution in [0.1, 0.15) is 74.6 Å². The number of carbonyl (C=O) groups is 2. The molecule has 0 aromatic heterocycles. The SMILES string of the molecule is CC(C)CN(C)Cc1cc(C2CCCCC2)cc(C2NC(=O)NC2=O)c1. The maximum atomic E-state index is 12.1. The zero-order valence-electron chi connectivity index (χ0n) is 16.2. The molecule has 1 aromatic rings. The van der Waals surface area contributed by atoms with E-state index in [0.29, 0.717) is 11.8 Å². The molecule has 1 heterocycles. The zero-order valence-corrected chi connectivity index (χ0v) is 16.2. The van der Waals surface area contributed by atoms with Crippen molar-refractivity contribution in [2.24, 2.45) is 5.92 Å². The highest BCUT2D eigenvalue weighted by atomic mass is 16.2. The summed E-state index contributed by atoms with van der Waals surface area (Å²) in [4.78, 5) is 26.0. The summed E-state index contributed by atoms with van der Waals surface area (Å²) in [6.45, 7) is 6.33. The smallest absolute Gasteiger partial charge is 0.322 e. The van der Waals surface area contributed by atoms with Crippen molar-refractivity contribution < 1.29 is 9.59 Å². The number of hydrogen-bond acceptors (Lipinski definition) is 3. The van der Waals surface area contributed by atoms with E-state index in [4.69, 9.17) is 0 Å². The Labute approximate surface area is 156 Å². The van der Waals surface area contributed by atoms with Crippen LogP contribution in [0.5, 0.6) is 0 Å². The first-order valence-electron chi connectivity index (χ1n) is 9.86. The van der Waals surface area contributed by atoms with E-state index >= 15 is 0 Å². The fraction of sp³-hybridized carbons (Fsp3) is 0.619. The van der Waals surface area contributed by atoms with Gasteiger partial charge in [-0.3, -0.25) is 10.1 Å². The summed E-state index contributed by atoms with van der Waals surface area (Å²) in [6, 6.07) is 5.56. The first kappa shape index (κ1) is 18.9. The molecule has 1 aliphatic heterocycles. The summed E-state index contributed by atoms with van der Waals surface area (Å²) in [7, 11) is 2.14. The van der Waals surface area contributed by atoms with E-state index in [1.165, 1.54) is 43.2 Å². The van der Waals surface area contributed by atoms with E-state index < -0.39 is 12.1 Å². The van der Waals surface area contributed by atoms with E-state index in [0.717, 1.165) is 18.7 Å². The quantitative estimate of drug-likeness (QED) is 0.763. The van der Waals surface area contributed by atoms with Crippen LogP contribution in [-0.4, -0.2) is 30.4 Å². The summed E-state index contributed by atoms with van der Waals surface area (Å²) in [5, 5.41) is 5.10. The highest BCUT2D eigenvalue weighted by Crippen LogP contribution is 2.35. The summed E-state index contributed by atoms with van der Waals surface area (Å²) >= 11 is 0. The average Bonchev–Trinajstić information content (AvgIpc) is 2.93. The minimum atomic E-state index is -0.569. The second-order valence-electron chi connectivity index (χ2n) is 8.33. The van der Waals surface area contributed by atoms with Crippen molar-refractivity contribution >= 4 is 11.9 Å². The number of amides is 3. The second-order valence-corrected chi connectivity index (χ2v) is 8.33. The highest BCUT2D eigenvalue weighted by Gasteiger charge is 2.31. The molecule has 2 N–H and O–H groups in total. The molecule has 26 heavy (non-hydrogen) atoms. The summed E-state index contributed by atoms with van der Waals surface area (Å²) in [5.74, 6) is 0.927. The third kappa shape index (κ3) is 4.64. The van der Waals surface area contributed by atoms with Gasteiger partial charge < -0.3 is 10.2 Å². The fourth-order valence-electron chi connectivity index (χ4n) is 4.33. The topological polar surface area (TPSA) is 61.4 Å². The Morgan fingerprint density at radius 1 is 1.08 bits per heavy atom. The molecule has 0 spiro atoms. The lowest BCUT2D eigenvalue weighted by molar-refractivity contribution is -0.120. The number of imide groups is 1. The fourth-order valence-corrected chi connectivity index (χ4v) is 4.33. The molecule has 2 fully saturated rings. The molecule has 3 rings (SSSR count). The standard InChI is InChI=1S/C21H31N3O2/c1-14(2)12-24(3)13-15-9-17(16-7-5-4-6-8-16)11-18(10-15)19-20(25)23-21(26)22-19/h9-11,14,16,19H,4-8,12-13H2,1-3H3,(H2,22,23,25,26). The lowest BCUT2D eigenvalue weighted by Crippen LogP contribution is -2.24. The monoisotopic (exact) mass is 357 g/mol. The molecule has 1 atom stereocenters. The lowest BCUT2D eigenvalue weighted by Gasteiger charge is -2.25. The van der Waals surface area contributed by atoms with E-state index in [-0.39, 0.29) is 5.91 Å². The molecule has 1 saturated heterocycles. The van der Waals surface area contributed by atoms with Gasteiger partial charge >= 0.3 is 6.03 Å². The molecule has 2 aliphatic rings. The second kappa shape index (κ2) is 8.21. The largest absolute Gasteiger partial charge is 0.322 e. The van der Waals surface area contributed by atoms with Gasteiger partial charge in [-0.25, -0.2) is 4.79 Å². The minimum absolute atomic E-state index is 0.253. The molecule has 1 unspecified atom stereocenters. The molecule has 142 valence electrons. The van der Waals surface area contributed by atoms with E-state index in [1.807, 2.05) is 0 Å². The van der Waals surface area contributed by atoms with Crippen LogP contribution in [0.25, 0.3) is 0 Å². The predicted octanol–water partition coefficient (Wildman–Crippen LogP) is 3.70. The molecule has 0 bridgehead atoms. The van der Waals surface area contributed by atoms with Crippen molar-refractivity contribution in [2.45, 2.75) is 64.5 Å². The number of benzene rings is 1. The number of hydrogen-bond donors (Lipinski definition) is 2. The van der Waals surface area contributed by atoms with Gasteiger partial charge in [-0.15, -0.1) is 0 Å². The molecular weight excluding hydrogens is 326 g/mol. The van der Waals surface area contributed by atoms with Gasteiger partial charge in [0.1, 0.15) is 6.04 Å². The molecule has 1 aromatic carbocycles. The van der Waals surface area contributed by atoms with Crippen LogP contribution >= 0.6 is 0 Å². The van der Waals surface area contributed by atoms with Crippen molar-refractivity contribution in [3.05, 3.63) is 34.9 Å². The van der Waals surface area contributed by atoms with Crippen molar-refractivity contribution in [3.63, 3.8) is 0 Å². The van der Waals surface area contributed by atoms with Crippen molar-refractivity contribution in [1.82, 2.24) is 15.5 Å². The maximum Gasteiger partial charge on any atom is 0.322 e. The molecular formula is C21H31N3O2. The normalized spacial score (nSPS) is 21.3. The van der Waals surface area contributed by atoms with Crippen LogP contribution in [0.15, 0.2) is 18.2 Å². The number of carbonyl (C=O) groups excluding carboxylic acids is 2. The summed E-state index contributed by atoms with van der Waals surface area (Å²) < 4.78 is 0. The van der Waals surface area contributed by atoms with Gasteiger partial charge in [-0.2, -0.15) is 0 Å². The van der Waals surface area contributed by atoms with Gasteiger partial charge in [0, 0.05) is 13.1 Å². The van der Waals surface area contributed by atoms with Crippen molar-refractivity contribution in [1.29, 1.82) is 0 Å². The average molecular weight is 357 g/mol. The first-order valence-corrected chi connectivity index (χ1v) is 9.86. The van der Waals surface area contributed by atoms with Crippen LogP contribution < -0.4 is 10.6 Å². The molecule has 3 amide bonds. The van der Waals surface area contributed by atoms with Crippen LogP contribution in [0, 0.1) is 5.92 Å². The summed E-state index contributed by atoms with van der Waals surface area (Å²) in [6.07, 6.45) is 6.30. The molecule has 1 saturated carbocycles. The Balaban J connectivity index is 1.88. The number of nitrogens with zero attached hydrogens (tertiary/aromatic N) is 1. The van der Waals surface area contributed by atoms with Gasteiger partial charge in [0.15, 0.2) is 0 Å². The Morgan fingerprint density at radius 3 is 2.38 bits per heavy atom. The number of nitrogens with one attached hydrogen (secondary N) is 2. The van der Waals surface area contributed by atoms with Gasteiger partial charge in [0.2, 0.25) is 0 Å². The Bertz CT molecular complexity index is 665. The Kier molecular flexibility index (Phi) is 5.97. The minimum Gasteiger partial charge on any atom is -0.322 e. The van der Waals surface area contributed by atoms with Crippen LogP contribution in [0.4, 0.5) is 4.79 Å². The molecule has 5 heteroatoms. The number of rotatable bonds is 6. The van der Waals surface area contributed by atoms with E-state index in [9.17, 15) is 9.59 Å².